The number of aromatic nitrogens is 1. The molecule has 1 aromatic rings. The fourth-order valence-electron chi connectivity index (χ4n) is 2.25. The first kappa shape index (κ1) is 10.6. The molecule has 3 atom stereocenters. The standard InChI is InChI=1S/C12H18N2O/c1-9-11(4-6-15-9)12(13)7-10-3-2-5-14-8-10/h2-3,5,8-9,11-12H,4,6-7,13H2,1H3. The van der Waals surface area contributed by atoms with E-state index in [0.717, 1.165) is 19.4 Å². The quantitative estimate of drug-likeness (QED) is 0.812. The van der Waals surface area contributed by atoms with Gasteiger partial charge >= 0.3 is 0 Å². The van der Waals surface area contributed by atoms with Gasteiger partial charge in [0.05, 0.1) is 6.10 Å². The van der Waals surface area contributed by atoms with Crippen molar-refractivity contribution < 1.29 is 4.74 Å². The lowest BCUT2D eigenvalue weighted by molar-refractivity contribution is 0.0995. The maximum Gasteiger partial charge on any atom is 0.0590 e. The van der Waals surface area contributed by atoms with Gasteiger partial charge in [-0.25, -0.2) is 0 Å². The van der Waals surface area contributed by atoms with Crippen molar-refractivity contribution in [2.45, 2.75) is 31.9 Å². The summed E-state index contributed by atoms with van der Waals surface area (Å²) in [7, 11) is 0. The second kappa shape index (κ2) is 4.73. The van der Waals surface area contributed by atoms with Crippen LogP contribution in [-0.4, -0.2) is 23.7 Å². The summed E-state index contributed by atoms with van der Waals surface area (Å²) in [6, 6.07) is 4.22. The Morgan fingerprint density at radius 3 is 3.13 bits per heavy atom. The van der Waals surface area contributed by atoms with E-state index in [0.29, 0.717) is 12.0 Å². The first-order valence-corrected chi connectivity index (χ1v) is 5.53. The molecule has 0 spiro atoms. The fourth-order valence-corrected chi connectivity index (χ4v) is 2.25. The van der Waals surface area contributed by atoms with Gasteiger partial charge < -0.3 is 10.5 Å². The van der Waals surface area contributed by atoms with Crippen molar-refractivity contribution in [3.05, 3.63) is 30.1 Å². The minimum atomic E-state index is 0.187. The summed E-state index contributed by atoms with van der Waals surface area (Å²) in [5, 5.41) is 0. The number of ether oxygens (including phenoxy) is 1. The Morgan fingerprint density at radius 2 is 2.53 bits per heavy atom. The van der Waals surface area contributed by atoms with E-state index in [4.69, 9.17) is 10.5 Å². The van der Waals surface area contributed by atoms with Crippen molar-refractivity contribution in [1.82, 2.24) is 4.98 Å². The number of nitrogens with zero attached hydrogens (tertiary/aromatic N) is 1. The molecule has 0 aromatic carbocycles. The fraction of sp³-hybridized carbons (Fsp3) is 0.583. The van der Waals surface area contributed by atoms with E-state index in [1.807, 2.05) is 12.3 Å². The van der Waals surface area contributed by atoms with Crippen molar-refractivity contribution >= 4 is 0 Å². The van der Waals surface area contributed by atoms with E-state index in [1.54, 1.807) is 6.20 Å². The van der Waals surface area contributed by atoms with E-state index in [2.05, 4.69) is 18.0 Å². The topological polar surface area (TPSA) is 48.1 Å². The molecule has 2 heterocycles. The van der Waals surface area contributed by atoms with E-state index in [9.17, 15) is 0 Å². The van der Waals surface area contributed by atoms with Gasteiger partial charge in [-0.3, -0.25) is 4.98 Å². The molecule has 3 unspecified atom stereocenters. The third-order valence-corrected chi connectivity index (χ3v) is 3.18. The first-order chi connectivity index (χ1) is 7.27. The molecule has 1 aliphatic heterocycles. The predicted octanol–water partition coefficient (Wildman–Crippen LogP) is 1.38. The highest BCUT2D eigenvalue weighted by Crippen LogP contribution is 2.24. The third-order valence-electron chi connectivity index (χ3n) is 3.18. The van der Waals surface area contributed by atoms with Crippen LogP contribution >= 0.6 is 0 Å². The molecule has 1 fully saturated rings. The Labute approximate surface area is 90.7 Å². The summed E-state index contributed by atoms with van der Waals surface area (Å²) >= 11 is 0. The maximum absolute atomic E-state index is 6.19. The van der Waals surface area contributed by atoms with Gasteiger partial charge in [0.2, 0.25) is 0 Å². The second-order valence-corrected chi connectivity index (χ2v) is 4.26. The van der Waals surface area contributed by atoms with Gasteiger partial charge in [0, 0.05) is 31.0 Å². The summed E-state index contributed by atoms with van der Waals surface area (Å²) in [4.78, 5) is 4.10. The van der Waals surface area contributed by atoms with Crippen LogP contribution in [0.1, 0.15) is 18.9 Å². The highest BCUT2D eigenvalue weighted by Gasteiger charge is 2.29. The van der Waals surface area contributed by atoms with Gasteiger partial charge in [-0.05, 0) is 31.4 Å². The van der Waals surface area contributed by atoms with Crippen LogP contribution in [-0.2, 0) is 11.2 Å². The average molecular weight is 206 g/mol. The zero-order chi connectivity index (χ0) is 10.7. The van der Waals surface area contributed by atoms with Crippen molar-refractivity contribution in [3.8, 4) is 0 Å². The predicted molar refractivity (Wildman–Crippen MR) is 59.4 cm³/mol. The minimum absolute atomic E-state index is 0.187. The summed E-state index contributed by atoms with van der Waals surface area (Å²) < 4.78 is 5.53. The molecule has 1 aromatic heterocycles. The SMILES string of the molecule is CC1OCCC1C(N)Cc1cccnc1. The molecule has 0 amide bonds. The zero-order valence-corrected chi connectivity index (χ0v) is 9.10. The highest BCUT2D eigenvalue weighted by atomic mass is 16.5. The molecule has 0 radical (unpaired) electrons. The highest BCUT2D eigenvalue weighted by molar-refractivity contribution is 5.10. The lowest BCUT2D eigenvalue weighted by atomic mass is 9.90. The molecule has 0 bridgehead atoms. The summed E-state index contributed by atoms with van der Waals surface area (Å²) in [5.74, 6) is 0.491. The summed E-state index contributed by atoms with van der Waals surface area (Å²) in [6.45, 7) is 2.97. The van der Waals surface area contributed by atoms with E-state index >= 15 is 0 Å². The molecule has 3 nitrogen and oxygen atoms in total. The lowest BCUT2D eigenvalue weighted by Crippen LogP contribution is -2.36. The minimum Gasteiger partial charge on any atom is -0.378 e. The van der Waals surface area contributed by atoms with Crippen LogP contribution in [0.15, 0.2) is 24.5 Å². The van der Waals surface area contributed by atoms with Crippen molar-refractivity contribution in [3.63, 3.8) is 0 Å². The molecule has 1 saturated heterocycles. The van der Waals surface area contributed by atoms with Crippen molar-refractivity contribution in [1.29, 1.82) is 0 Å². The normalized spacial score (nSPS) is 27.9. The molecule has 82 valence electrons. The number of nitrogens with two attached hydrogens (primary N) is 1. The van der Waals surface area contributed by atoms with Gasteiger partial charge in [-0.15, -0.1) is 0 Å². The van der Waals surface area contributed by atoms with Crippen LogP contribution in [0.3, 0.4) is 0 Å². The second-order valence-electron chi connectivity index (χ2n) is 4.26. The smallest absolute Gasteiger partial charge is 0.0590 e. The summed E-state index contributed by atoms with van der Waals surface area (Å²) in [6.07, 6.45) is 5.96. The van der Waals surface area contributed by atoms with Crippen LogP contribution in [0.25, 0.3) is 0 Å². The average Bonchev–Trinajstić information content (AvgIpc) is 2.66. The molecule has 0 saturated carbocycles. The zero-order valence-electron chi connectivity index (χ0n) is 9.10. The molecule has 0 aliphatic carbocycles. The van der Waals surface area contributed by atoms with Crippen molar-refractivity contribution in [2.24, 2.45) is 11.7 Å². The van der Waals surface area contributed by atoms with Crippen molar-refractivity contribution in [2.75, 3.05) is 6.61 Å². The number of hydrogen-bond donors (Lipinski definition) is 1. The lowest BCUT2D eigenvalue weighted by Gasteiger charge is -2.21. The maximum atomic E-state index is 6.19. The molecular formula is C12H18N2O. The van der Waals surface area contributed by atoms with Gasteiger partial charge in [-0.2, -0.15) is 0 Å². The molecule has 15 heavy (non-hydrogen) atoms. The Hall–Kier alpha value is -0.930. The Morgan fingerprint density at radius 1 is 1.67 bits per heavy atom. The van der Waals surface area contributed by atoms with Gasteiger partial charge in [0.1, 0.15) is 0 Å². The van der Waals surface area contributed by atoms with E-state index in [1.165, 1.54) is 5.56 Å². The van der Waals surface area contributed by atoms with Gasteiger partial charge in [0.15, 0.2) is 0 Å². The number of rotatable bonds is 3. The number of hydrogen-bond acceptors (Lipinski definition) is 3. The van der Waals surface area contributed by atoms with Crippen LogP contribution < -0.4 is 5.73 Å². The number of pyridine rings is 1. The molecular weight excluding hydrogens is 188 g/mol. The Bertz CT molecular complexity index is 302. The molecule has 2 N–H and O–H groups in total. The molecule has 1 aliphatic rings. The van der Waals surface area contributed by atoms with Crippen LogP contribution in [0, 0.1) is 5.92 Å². The Kier molecular flexibility index (Phi) is 3.34. The first-order valence-electron chi connectivity index (χ1n) is 5.53. The van der Waals surface area contributed by atoms with E-state index < -0.39 is 0 Å². The van der Waals surface area contributed by atoms with Gasteiger partial charge in [0.25, 0.3) is 0 Å². The molecule has 3 heteroatoms. The Balaban J connectivity index is 1.94. The van der Waals surface area contributed by atoms with Gasteiger partial charge in [-0.1, -0.05) is 6.07 Å². The monoisotopic (exact) mass is 206 g/mol. The van der Waals surface area contributed by atoms with E-state index in [-0.39, 0.29) is 6.04 Å². The van der Waals surface area contributed by atoms with Crippen LogP contribution in [0.4, 0.5) is 0 Å². The third kappa shape index (κ3) is 2.55. The van der Waals surface area contributed by atoms with Crippen LogP contribution in [0.2, 0.25) is 0 Å². The molecule has 2 rings (SSSR count). The van der Waals surface area contributed by atoms with Crippen LogP contribution in [0.5, 0.6) is 0 Å². The largest absolute Gasteiger partial charge is 0.378 e. The summed E-state index contributed by atoms with van der Waals surface area (Å²) in [5.41, 5.74) is 7.41.